The van der Waals surface area contributed by atoms with Gasteiger partial charge in [-0.05, 0) is 76.2 Å². The van der Waals surface area contributed by atoms with Gasteiger partial charge in [0.25, 0.3) is 11.5 Å². The number of rotatable bonds is 6. The number of hydrogen-bond donors (Lipinski definition) is 1. The molecule has 8 heteroatoms. The number of aryl methyl sites for hydroxylation is 1. The van der Waals surface area contributed by atoms with E-state index >= 15 is 0 Å². The fraction of sp³-hybridized carbons (Fsp3) is 0.455. The minimum atomic E-state index is -4.52. The lowest BCUT2D eigenvalue weighted by Gasteiger charge is -2.26. The summed E-state index contributed by atoms with van der Waals surface area (Å²) in [5, 5.41) is 2.75. The lowest BCUT2D eigenvalue weighted by molar-refractivity contribution is -0.137. The average molecular weight is 421 g/mol. The molecule has 162 valence electrons. The van der Waals surface area contributed by atoms with Crippen molar-refractivity contribution in [3.63, 3.8) is 0 Å². The third-order valence-electron chi connectivity index (χ3n) is 5.34. The fourth-order valence-corrected chi connectivity index (χ4v) is 3.73. The highest BCUT2D eigenvalue weighted by Gasteiger charge is 2.30. The number of nitrogens with zero attached hydrogens (tertiary/aromatic N) is 2. The van der Waals surface area contributed by atoms with Crippen LogP contribution in [0.4, 0.5) is 13.2 Å². The Morgan fingerprint density at radius 3 is 2.53 bits per heavy atom. The van der Waals surface area contributed by atoms with Crippen LogP contribution >= 0.6 is 0 Å². The first kappa shape index (κ1) is 22.1. The molecule has 0 bridgehead atoms. The van der Waals surface area contributed by atoms with E-state index in [1.54, 1.807) is 13.0 Å². The van der Waals surface area contributed by atoms with Crippen LogP contribution in [0, 0.1) is 6.92 Å². The molecule has 0 unspecified atom stereocenters. The minimum Gasteiger partial charge on any atom is -0.352 e. The van der Waals surface area contributed by atoms with Gasteiger partial charge in [-0.1, -0.05) is 12.5 Å². The lowest BCUT2D eigenvalue weighted by atomic mass is 10.1. The molecule has 30 heavy (non-hydrogen) atoms. The summed E-state index contributed by atoms with van der Waals surface area (Å²) in [5.41, 5.74) is -1.05. The number of nitrogens with one attached hydrogen (secondary N) is 1. The predicted octanol–water partition coefficient (Wildman–Crippen LogP) is 3.77. The number of carbonyl (C=O) groups is 1. The maximum atomic E-state index is 13.0. The van der Waals surface area contributed by atoms with E-state index in [9.17, 15) is 22.8 Å². The van der Waals surface area contributed by atoms with Crippen LogP contribution in [0.15, 0.2) is 41.2 Å². The molecule has 1 N–H and O–H groups in total. The zero-order valence-corrected chi connectivity index (χ0v) is 17.0. The van der Waals surface area contributed by atoms with Crippen LogP contribution in [0.25, 0.3) is 5.69 Å². The average Bonchev–Trinajstić information content (AvgIpc) is 2.71. The minimum absolute atomic E-state index is 0.0760. The smallest absolute Gasteiger partial charge is 0.352 e. The van der Waals surface area contributed by atoms with Gasteiger partial charge in [0, 0.05) is 17.9 Å². The topological polar surface area (TPSA) is 54.3 Å². The number of hydrogen-bond acceptors (Lipinski definition) is 3. The maximum Gasteiger partial charge on any atom is 0.416 e. The number of aromatic nitrogens is 1. The molecule has 0 spiro atoms. The quantitative estimate of drug-likeness (QED) is 0.723. The number of pyridine rings is 1. The molecule has 1 fully saturated rings. The van der Waals surface area contributed by atoms with Crippen LogP contribution in [0.2, 0.25) is 0 Å². The van der Waals surface area contributed by atoms with Crippen molar-refractivity contribution in [3.8, 4) is 5.69 Å². The number of alkyl halides is 3. The fourth-order valence-electron chi connectivity index (χ4n) is 3.73. The Morgan fingerprint density at radius 1 is 1.10 bits per heavy atom. The van der Waals surface area contributed by atoms with E-state index in [0.717, 1.165) is 42.8 Å². The molecule has 1 aromatic carbocycles. The first-order valence-electron chi connectivity index (χ1n) is 10.2. The summed E-state index contributed by atoms with van der Waals surface area (Å²) in [6.07, 6.45) is -0.0787. The Labute approximate surface area is 173 Å². The van der Waals surface area contributed by atoms with Crippen LogP contribution in [0.3, 0.4) is 0 Å². The van der Waals surface area contributed by atoms with Gasteiger partial charge in [0.1, 0.15) is 5.56 Å². The van der Waals surface area contributed by atoms with E-state index in [2.05, 4.69) is 10.2 Å². The second kappa shape index (κ2) is 9.47. The molecule has 0 aliphatic carbocycles. The Hall–Kier alpha value is -2.61. The van der Waals surface area contributed by atoms with Gasteiger partial charge < -0.3 is 10.2 Å². The van der Waals surface area contributed by atoms with Crippen molar-refractivity contribution in [1.82, 2.24) is 14.8 Å². The van der Waals surface area contributed by atoms with Gasteiger partial charge in [0.2, 0.25) is 0 Å². The third kappa shape index (κ3) is 5.30. The molecule has 1 aliphatic rings. The second-order valence-electron chi connectivity index (χ2n) is 7.59. The normalized spacial score (nSPS) is 15.2. The number of likely N-dealkylation sites (tertiary alicyclic amines) is 1. The molecule has 3 rings (SSSR count). The molecule has 1 saturated heterocycles. The van der Waals surface area contributed by atoms with Crippen molar-refractivity contribution in [3.05, 3.63) is 63.6 Å². The van der Waals surface area contributed by atoms with E-state index in [4.69, 9.17) is 0 Å². The van der Waals surface area contributed by atoms with Gasteiger partial charge in [0.15, 0.2) is 0 Å². The van der Waals surface area contributed by atoms with E-state index in [1.165, 1.54) is 37.5 Å². The SMILES string of the molecule is Cc1ccc(C(=O)NCCCN2CCCCC2)c(=O)n1-c1cccc(C(F)(F)F)c1. The summed E-state index contributed by atoms with van der Waals surface area (Å²) in [4.78, 5) is 27.8. The Morgan fingerprint density at radius 2 is 1.83 bits per heavy atom. The van der Waals surface area contributed by atoms with Gasteiger partial charge in [0.05, 0.1) is 5.56 Å². The summed E-state index contributed by atoms with van der Waals surface area (Å²) in [5.74, 6) is -0.514. The predicted molar refractivity (Wildman–Crippen MR) is 109 cm³/mol. The van der Waals surface area contributed by atoms with Crippen LogP contribution in [0.1, 0.15) is 47.3 Å². The first-order chi connectivity index (χ1) is 14.3. The van der Waals surface area contributed by atoms with Crippen molar-refractivity contribution >= 4 is 5.91 Å². The molecular formula is C22H26F3N3O2. The van der Waals surface area contributed by atoms with Gasteiger partial charge in [-0.15, -0.1) is 0 Å². The molecule has 2 aromatic rings. The highest BCUT2D eigenvalue weighted by Crippen LogP contribution is 2.30. The summed E-state index contributed by atoms with van der Waals surface area (Å²) < 4.78 is 40.3. The van der Waals surface area contributed by atoms with Crippen molar-refractivity contribution < 1.29 is 18.0 Å². The molecule has 1 aromatic heterocycles. The molecule has 5 nitrogen and oxygen atoms in total. The lowest BCUT2D eigenvalue weighted by Crippen LogP contribution is -2.36. The maximum absolute atomic E-state index is 13.0. The molecule has 1 amide bonds. The van der Waals surface area contributed by atoms with E-state index in [1.807, 2.05) is 0 Å². The van der Waals surface area contributed by atoms with Crippen molar-refractivity contribution in [2.45, 2.75) is 38.8 Å². The second-order valence-corrected chi connectivity index (χ2v) is 7.59. The van der Waals surface area contributed by atoms with Gasteiger partial charge in [-0.2, -0.15) is 13.2 Å². The van der Waals surface area contributed by atoms with Crippen LogP contribution in [0.5, 0.6) is 0 Å². The summed E-state index contributed by atoms with van der Waals surface area (Å²) in [6.45, 7) is 5.10. The highest BCUT2D eigenvalue weighted by molar-refractivity contribution is 5.93. The molecule has 0 radical (unpaired) electrons. The van der Waals surface area contributed by atoms with E-state index in [-0.39, 0.29) is 11.3 Å². The molecule has 0 atom stereocenters. The van der Waals surface area contributed by atoms with Gasteiger partial charge in [-0.25, -0.2) is 0 Å². The summed E-state index contributed by atoms with van der Waals surface area (Å²) in [6, 6.07) is 7.50. The number of carbonyl (C=O) groups excluding carboxylic acids is 1. The zero-order chi connectivity index (χ0) is 21.7. The summed E-state index contributed by atoms with van der Waals surface area (Å²) >= 11 is 0. The highest BCUT2D eigenvalue weighted by atomic mass is 19.4. The molecular weight excluding hydrogens is 395 g/mol. The number of halogens is 3. The monoisotopic (exact) mass is 421 g/mol. The van der Waals surface area contributed by atoms with Crippen LogP contribution in [-0.4, -0.2) is 41.6 Å². The molecule has 2 heterocycles. The van der Waals surface area contributed by atoms with Crippen molar-refractivity contribution in [1.29, 1.82) is 0 Å². The van der Waals surface area contributed by atoms with E-state index in [0.29, 0.717) is 12.2 Å². The van der Waals surface area contributed by atoms with Gasteiger partial charge in [-0.3, -0.25) is 14.2 Å². The number of benzene rings is 1. The molecule has 0 saturated carbocycles. The standard InChI is InChI=1S/C22H26F3N3O2/c1-16-9-10-19(20(29)26-11-6-14-27-12-3-2-4-13-27)21(30)28(16)18-8-5-7-17(15-18)22(23,24)25/h5,7-10,15H,2-4,6,11-14H2,1H3,(H,26,29). The largest absolute Gasteiger partial charge is 0.416 e. The summed E-state index contributed by atoms with van der Waals surface area (Å²) in [7, 11) is 0. The Kier molecular flexibility index (Phi) is 6.97. The first-order valence-corrected chi connectivity index (χ1v) is 10.2. The number of piperidine rings is 1. The van der Waals surface area contributed by atoms with Crippen LogP contribution in [-0.2, 0) is 6.18 Å². The third-order valence-corrected chi connectivity index (χ3v) is 5.34. The van der Waals surface area contributed by atoms with Crippen molar-refractivity contribution in [2.75, 3.05) is 26.2 Å². The van der Waals surface area contributed by atoms with Crippen molar-refractivity contribution in [2.24, 2.45) is 0 Å². The Balaban J connectivity index is 1.72. The zero-order valence-electron chi connectivity index (χ0n) is 17.0. The number of amides is 1. The Bertz CT molecular complexity index is 947. The van der Waals surface area contributed by atoms with Gasteiger partial charge >= 0.3 is 6.18 Å². The van der Waals surface area contributed by atoms with E-state index < -0.39 is 23.2 Å². The molecule has 1 aliphatic heterocycles. The van der Waals surface area contributed by atoms with Crippen LogP contribution < -0.4 is 10.9 Å².